The van der Waals surface area contributed by atoms with Gasteiger partial charge in [0.2, 0.25) is 5.89 Å². The van der Waals surface area contributed by atoms with Crippen molar-refractivity contribution in [3.05, 3.63) is 35.1 Å². The first kappa shape index (κ1) is 15.5. The summed E-state index contributed by atoms with van der Waals surface area (Å²) in [5, 5.41) is 9.97. The molecule has 2 amide bonds. The van der Waals surface area contributed by atoms with Crippen LogP contribution in [0.4, 0.5) is 10.6 Å². The normalized spacial score (nSPS) is 17.3. The van der Waals surface area contributed by atoms with Crippen molar-refractivity contribution in [1.82, 2.24) is 25.8 Å². The number of aryl methyl sites for hydroxylation is 1. The predicted octanol–water partition coefficient (Wildman–Crippen LogP) is 1.50. The molecule has 2 aromatic rings. The highest BCUT2D eigenvalue weighted by molar-refractivity contribution is 6.32. The molecule has 0 radical (unpaired) electrons. The van der Waals surface area contributed by atoms with Gasteiger partial charge in [-0.25, -0.2) is 9.78 Å². The Kier molecular flexibility index (Phi) is 4.61. The third-order valence-corrected chi connectivity index (χ3v) is 3.83. The number of anilines is 1. The lowest BCUT2D eigenvalue weighted by Crippen LogP contribution is -2.43. The van der Waals surface area contributed by atoms with Gasteiger partial charge in [0.05, 0.1) is 11.6 Å². The molecule has 1 fully saturated rings. The van der Waals surface area contributed by atoms with Crippen LogP contribution in [0.2, 0.25) is 5.02 Å². The molecule has 1 atom stereocenters. The fourth-order valence-electron chi connectivity index (χ4n) is 2.49. The van der Waals surface area contributed by atoms with Crippen LogP contribution in [0.3, 0.4) is 0 Å². The number of nitrogens with one attached hydrogen (secondary N) is 2. The fourth-order valence-corrected chi connectivity index (χ4v) is 2.73. The lowest BCUT2D eigenvalue weighted by atomic mass is 10.3. The molecule has 23 heavy (non-hydrogen) atoms. The molecule has 3 heterocycles. The zero-order valence-corrected chi connectivity index (χ0v) is 13.4. The van der Waals surface area contributed by atoms with Crippen molar-refractivity contribution in [2.75, 3.05) is 18.0 Å². The maximum atomic E-state index is 11.9. The number of amides is 2. The smallest absolute Gasteiger partial charge is 0.315 e. The summed E-state index contributed by atoms with van der Waals surface area (Å²) < 4.78 is 4.85. The average molecular weight is 337 g/mol. The molecule has 122 valence electrons. The van der Waals surface area contributed by atoms with Crippen molar-refractivity contribution < 1.29 is 9.32 Å². The van der Waals surface area contributed by atoms with Gasteiger partial charge >= 0.3 is 6.03 Å². The molecule has 0 aliphatic carbocycles. The molecule has 0 bridgehead atoms. The van der Waals surface area contributed by atoms with Gasteiger partial charge in [0.15, 0.2) is 5.82 Å². The van der Waals surface area contributed by atoms with Gasteiger partial charge in [-0.3, -0.25) is 0 Å². The molecule has 1 aliphatic rings. The molecule has 2 N–H and O–H groups in total. The highest BCUT2D eigenvalue weighted by Crippen LogP contribution is 2.25. The van der Waals surface area contributed by atoms with E-state index in [1.807, 2.05) is 6.07 Å². The third-order valence-electron chi connectivity index (χ3n) is 3.54. The summed E-state index contributed by atoms with van der Waals surface area (Å²) >= 11 is 6.15. The number of pyridine rings is 1. The van der Waals surface area contributed by atoms with E-state index in [0.717, 1.165) is 18.8 Å². The summed E-state index contributed by atoms with van der Waals surface area (Å²) in [6.07, 6.45) is 2.54. The van der Waals surface area contributed by atoms with E-state index in [4.69, 9.17) is 16.1 Å². The summed E-state index contributed by atoms with van der Waals surface area (Å²) in [5.74, 6) is 1.67. The first-order valence-corrected chi connectivity index (χ1v) is 7.68. The van der Waals surface area contributed by atoms with Crippen molar-refractivity contribution in [3.8, 4) is 0 Å². The minimum Gasteiger partial charge on any atom is -0.353 e. The monoisotopic (exact) mass is 336 g/mol. The largest absolute Gasteiger partial charge is 0.353 e. The first-order chi connectivity index (χ1) is 11.1. The van der Waals surface area contributed by atoms with Crippen LogP contribution < -0.4 is 15.5 Å². The van der Waals surface area contributed by atoms with E-state index in [1.54, 1.807) is 19.2 Å². The molecule has 8 nitrogen and oxygen atoms in total. The molecular formula is C14H17ClN6O2. The van der Waals surface area contributed by atoms with Crippen molar-refractivity contribution in [2.45, 2.75) is 25.9 Å². The molecule has 0 unspecified atom stereocenters. The Morgan fingerprint density at radius 3 is 3.17 bits per heavy atom. The standard InChI is InChI=1S/C14H17ClN6O2/c1-9-18-12(20-23-9)7-17-14(22)19-10-4-6-21(8-10)13-11(15)3-2-5-16-13/h2-3,5,10H,4,6-8H2,1H3,(H2,17,19,22)/t10-/m0/s1. The molecule has 3 rings (SSSR count). The zero-order valence-electron chi connectivity index (χ0n) is 12.6. The molecule has 1 aliphatic heterocycles. The maximum Gasteiger partial charge on any atom is 0.315 e. The fraction of sp³-hybridized carbons (Fsp3) is 0.429. The number of halogens is 1. The van der Waals surface area contributed by atoms with E-state index in [9.17, 15) is 4.79 Å². The van der Waals surface area contributed by atoms with Gasteiger partial charge in [-0.05, 0) is 18.6 Å². The Labute approximate surface area is 138 Å². The van der Waals surface area contributed by atoms with Crippen LogP contribution in [0.1, 0.15) is 18.1 Å². The third kappa shape index (κ3) is 3.89. The van der Waals surface area contributed by atoms with Crippen molar-refractivity contribution in [1.29, 1.82) is 0 Å². The average Bonchev–Trinajstić information content (AvgIpc) is 3.15. The SMILES string of the molecule is Cc1nc(CNC(=O)N[C@H]2CCN(c3ncccc3Cl)C2)no1. The number of urea groups is 1. The van der Waals surface area contributed by atoms with Gasteiger partial charge in [0.25, 0.3) is 0 Å². The van der Waals surface area contributed by atoms with E-state index in [0.29, 0.717) is 23.3 Å². The minimum absolute atomic E-state index is 0.0417. The Balaban J connectivity index is 1.48. The van der Waals surface area contributed by atoms with E-state index in [1.165, 1.54) is 0 Å². The van der Waals surface area contributed by atoms with Crippen LogP contribution in [0.25, 0.3) is 0 Å². The number of rotatable bonds is 4. The number of carbonyl (C=O) groups excluding carboxylic acids is 1. The Morgan fingerprint density at radius 2 is 2.43 bits per heavy atom. The second kappa shape index (κ2) is 6.82. The lowest BCUT2D eigenvalue weighted by Gasteiger charge is -2.18. The summed E-state index contributed by atoms with van der Waals surface area (Å²) in [6, 6.07) is 3.39. The Hall–Kier alpha value is -2.35. The van der Waals surface area contributed by atoms with Gasteiger partial charge < -0.3 is 20.1 Å². The van der Waals surface area contributed by atoms with Crippen LogP contribution in [0.5, 0.6) is 0 Å². The summed E-state index contributed by atoms with van der Waals surface area (Å²) in [6.45, 7) is 3.40. The topological polar surface area (TPSA) is 96.2 Å². The lowest BCUT2D eigenvalue weighted by molar-refractivity contribution is 0.237. The molecule has 9 heteroatoms. The first-order valence-electron chi connectivity index (χ1n) is 7.31. The minimum atomic E-state index is -0.258. The van der Waals surface area contributed by atoms with Crippen LogP contribution in [-0.2, 0) is 6.54 Å². The number of aromatic nitrogens is 3. The van der Waals surface area contributed by atoms with Crippen LogP contribution in [-0.4, -0.2) is 40.3 Å². The van der Waals surface area contributed by atoms with E-state index >= 15 is 0 Å². The molecule has 0 spiro atoms. The Morgan fingerprint density at radius 1 is 1.57 bits per heavy atom. The summed E-state index contributed by atoms with van der Waals surface area (Å²) in [5.41, 5.74) is 0. The molecule has 2 aromatic heterocycles. The highest BCUT2D eigenvalue weighted by Gasteiger charge is 2.26. The molecule has 0 saturated carbocycles. The number of hydrogen-bond donors (Lipinski definition) is 2. The van der Waals surface area contributed by atoms with Gasteiger partial charge in [0, 0.05) is 32.3 Å². The van der Waals surface area contributed by atoms with Gasteiger partial charge in [-0.15, -0.1) is 0 Å². The number of nitrogens with zero attached hydrogens (tertiary/aromatic N) is 4. The van der Waals surface area contributed by atoms with Crippen molar-refractivity contribution in [3.63, 3.8) is 0 Å². The molecular weight excluding hydrogens is 320 g/mol. The van der Waals surface area contributed by atoms with Crippen LogP contribution >= 0.6 is 11.6 Å². The highest BCUT2D eigenvalue weighted by atomic mass is 35.5. The van der Waals surface area contributed by atoms with Crippen LogP contribution in [0, 0.1) is 6.92 Å². The van der Waals surface area contributed by atoms with E-state index < -0.39 is 0 Å². The van der Waals surface area contributed by atoms with Gasteiger partial charge in [-0.1, -0.05) is 16.8 Å². The number of carbonyl (C=O) groups is 1. The Bertz CT molecular complexity index is 691. The maximum absolute atomic E-state index is 11.9. The molecule has 1 saturated heterocycles. The second-order valence-electron chi connectivity index (χ2n) is 5.30. The van der Waals surface area contributed by atoms with Gasteiger partial charge in [0.1, 0.15) is 5.82 Å². The van der Waals surface area contributed by atoms with E-state index in [-0.39, 0.29) is 18.6 Å². The van der Waals surface area contributed by atoms with Crippen molar-refractivity contribution >= 4 is 23.4 Å². The summed E-state index contributed by atoms with van der Waals surface area (Å²) in [4.78, 5) is 22.3. The van der Waals surface area contributed by atoms with Gasteiger partial charge in [-0.2, -0.15) is 4.98 Å². The van der Waals surface area contributed by atoms with Crippen LogP contribution in [0.15, 0.2) is 22.9 Å². The van der Waals surface area contributed by atoms with Crippen molar-refractivity contribution in [2.24, 2.45) is 0 Å². The summed E-state index contributed by atoms with van der Waals surface area (Å²) in [7, 11) is 0. The number of hydrogen-bond acceptors (Lipinski definition) is 6. The molecule has 0 aromatic carbocycles. The van der Waals surface area contributed by atoms with E-state index in [2.05, 4.69) is 30.7 Å². The second-order valence-corrected chi connectivity index (χ2v) is 5.70. The quantitative estimate of drug-likeness (QED) is 0.878. The predicted molar refractivity (Wildman–Crippen MR) is 84.3 cm³/mol. The zero-order chi connectivity index (χ0) is 16.2.